The first-order chi connectivity index (χ1) is 6.88. The lowest BCUT2D eigenvalue weighted by molar-refractivity contribution is 0.591. The highest BCUT2D eigenvalue weighted by Crippen LogP contribution is 2.22. The molecular formula is C10H14Cl2N2S. The molecule has 0 aliphatic carbocycles. The van der Waals surface area contributed by atoms with Crippen LogP contribution in [0.3, 0.4) is 0 Å². The van der Waals surface area contributed by atoms with Crippen molar-refractivity contribution in [1.29, 1.82) is 0 Å². The van der Waals surface area contributed by atoms with E-state index in [0.717, 1.165) is 17.2 Å². The van der Waals surface area contributed by atoms with Crippen LogP contribution in [0.4, 0.5) is 0 Å². The largest absolute Gasteiger partial charge is 0.325 e. The van der Waals surface area contributed by atoms with Crippen LogP contribution in [0.5, 0.6) is 0 Å². The van der Waals surface area contributed by atoms with Gasteiger partial charge < -0.3 is 5.73 Å². The monoisotopic (exact) mass is 264 g/mol. The lowest BCUT2D eigenvalue weighted by Crippen LogP contribution is -2.34. The summed E-state index contributed by atoms with van der Waals surface area (Å²) < 4.78 is 0. The Morgan fingerprint density at radius 2 is 2.07 bits per heavy atom. The minimum Gasteiger partial charge on any atom is -0.325 e. The Morgan fingerprint density at radius 3 is 2.67 bits per heavy atom. The Morgan fingerprint density at radius 1 is 1.40 bits per heavy atom. The Balaban J connectivity index is 2.54. The van der Waals surface area contributed by atoms with Crippen LogP contribution < -0.4 is 5.73 Å². The van der Waals surface area contributed by atoms with E-state index in [1.165, 1.54) is 0 Å². The smallest absolute Gasteiger partial charge is 0.129 e. The zero-order valence-electron chi connectivity index (χ0n) is 8.76. The summed E-state index contributed by atoms with van der Waals surface area (Å²) in [6, 6.07) is 3.45. The summed E-state index contributed by atoms with van der Waals surface area (Å²) in [5.41, 5.74) is 6.51. The maximum absolute atomic E-state index is 5.98. The first-order valence-corrected chi connectivity index (χ1v) is 6.47. The second-order valence-corrected chi connectivity index (χ2v) is 5.82. The molecule has 1 aromatic rings. The lowest BCUT2D eigenvalue weighted by atomic mass is 10.1. The van der Waals surface area contributed by atoms with Gasteiger partial charge in [0, 0.05) is 17.0 Å². The predicted octanol–water partition coefficient (Wildman–Crippen LogP) is 3.36. The summed E-state index contributed by atoms with van der Waals surface area (Å²) in [5.74, 6) is 1.59. The second kappa shape index (κ2) is 5.39. The molecule has 0 bridgehead atoms. The van der Waals surface area contributed by atoms with Gasteiger partial charge in [-0.2, -0.15) is 11.8 Å². The summed E-state index contributed by atoms with van der Waals surface area (Å²) in [5, 5.41) is 1.13. The van der Waals surface area contributed by atoms with E-state index in [1.54, 1.807) is 23.9 Å². The molecular weight excluding hydrogens is 251 g/mol. The molecule has 0 atom stereocenters. The van der Waals surface area contributed by atoms with Crippen LogP contribution in [0.15, 0.2) is 12.1 Å². The number of thioether (sulfide) groups is 1. The van der Waals surface area contributed by atoms with E-state index < -0.39 is 0 Å². The number of aromatic nitrogens is 1. The SMILES string of the molecule is CC(C)(N)CSCc1nc(Cl)ccc1Cl. The van der Waals surface area contributed by atoms with Crippen molar-refractivity contribution in [2.75, 3.05) is 5.75 Å². The van der Waals surface area contributed by atoms with Gasteiger partial charge in [0.1, 0.15) is 5.15 Å². The van der Waals surface area contributed by atoms with Crippen molar-refractivity contribution in [3.05, 3.63) is 28.0 Å². The molecule has 0 saturated heterocycles. The average molecular weight is 265 g/mol. The van der Waals surface area contributed by atoms with Crippen molar-refractivity contribution in [2.24, 2.45) is 5.73 Å². The van der Waals surface area contributed by atoms with Crippen LogP contribution in [0, 0.1) is 0 Å². The van der Waals surface area contributed by atoms with Crippen LogP contribution in [0.1, 0.15) is 19.5 Å². The third-order valence-corrected chi connectivity index (χ3v) is 3.58. The Bertz CT molecular complexity index is 337. The molecule has 0 saturated carbocycles. The van der Waals surface area contributed by atoms with Gasteiger partial charge in [0.25, 0.3) is 0 Å². The van der Waals surface area contributed by atoms with Gasteiger partial charge in [-0.05, 0) is 26.0 Å². The van der Waals surface area contributed by atoms with E-state index in [1.807, 2.05) is 13.8 Å². The molecule has 2 nitrogen and oxygen atoms in total. The number of pyridine rings is 1. The van der Waals surface area contributed by atoms with Crippen molar-refractivity contribution >= 4 is 35.0 Å². The van der Waals surface area contributed by atoms with Crippen LogP contribution in [-0.4, -0.2) is 16.3 Å². The van der Waals surface area contributed by atoms with E-state index >= 15 is 0 Å². The van der Waals surface area contributed by atoms with Gasteiger partial charge in [0.05, 0.1) is 10.7 Å². The van der Waals surface area contributed by atoms with Crippen molar-refractivity contribution in [3.63, 3.8) is 0 Å². The van der Waals surface area contributed by atoms with Crippen molar-refractivity contribution in [3.8, 4) is 0 Å². The molecule has 0 unspecified atom stereocenters. The van der Waals surface area contributed by atoms with Crippen LogP contribution in [0.2, 0.25) is 10.2 Å². The maximum atomic E-state index is 5.98. The molecule has 0 aromatic carbocycles. The molecule has 1 heterocycles. The predicted molar refractivity (Wildman–Crippen MR) is 68.7 cm³/mol. The molecule has 0 aliphatic rings. The van der Waals surface area contributed by atoms with Gasteiger partial charge in [0.2, 0.25) is 0 Å². The Hall–Kier alpha value is 0.0400. The van der Waals surface area contributed by atoms with E-state index in [0.29, 0.717) is 10.2 Å². The second-order valence-electron chi connectivity index (χ2n) is 4.04. The normalized spacial score (nSPS) is 11.8. The lowest BCUT2D eigenvalue weighted by Gasteiger charge is -2.17. The standard InChI is InChI=1S/C10H14Cl2N2S/c1-10(2,13)6-15-5-8-7(11)3-4-9(12)14-8/h3-4H,5-6,13H2,1-2H3. The van der Waals surface area contributed by atoms with Crippen LogP contribution in [0.25, 0.3) is 0 Å². The van der Waals surface area contributed by atoms with Gasteiger partial charge in [-0.25, -0.2) is 4.98 Å². The van der Waals surface area contributed by atoms with Gasteiger partial charge in [-0.3, -0.25) is 0 Å². The van der Waals surface area contributed by atoms with Crippen LogP contribution in [-0.2, 0) is 5.75 Å². The van der Waals surface area contributed by atoms with Crippen LogP contribution >= 0.6 is 35.0 Å². The molecule has 0 aliphatic heterocycles. The van der Waals surface area contributed by atoms with Crippen molar-refractivity contribution < 1.29 is 0 Å². The average Bonchev–Trinajstić information content (AvgIpc) is 2.09. The molecule has 1 aromatic heterocycles. The fourth-order valence-corrected chi connectivity index (χ4v) is 2.43. The molecule has 84 valence electrons. The number of nitrogens with two attached hydrogens (primary N) is 1. The third kappa shape index (κ3) is 5.07. The number of hydrogen-bond acceptors (Lipinski definition) is 3. The highest BCUT2D eigenvalue weighted by atomic mass is 35.5. The molecule has 15 heavy (non-hydrogen) atoms. The fourth-order valence-electron chi connectivity index (χ4n) is 0.970. The van der Waals surface area contributed by atoms with Crippen molar-refractivity contribution in [1.82, 2.24) is 4.98 Å². The summed E-state index contributed by atoms with van der Waals surface area (Å²) in [6.45, 7) is 3.99. The highest BCUT2D eigenvalue weighted by molar-refractivity contribution is 7.98. The quantitative estimate of drug-likeness (QED) is 0.848. The first-order valence-electron chi connectivity index (χ1n) is 4.56. The molecule has 0 spiro atoms. The molecule has 0 amide bonds. The topological polar surface area (TPSA) is 38.9 Å². The van der Waals surface area contributed by atoms with E-state index in [-0.39, 0.29) is 5.54 Å². The number of halogens is 2. The van der Waals surface area contributed by atoms with Gasteiger partial charge >= 0.3 is 0 Å². The first kappa shape index (κ1) is 13.1. The molecule has 2 N–H and O–H groups in total. The summed E-state index contributed by atoms with van der Waals surface area (Å²) in [4.78, 5) is 4.16. The number of nitrogens with zero attached hydrogens (tertiary/aromatic N) is 1. The van der Waals surface area contributed by atoms with Crippen molar-refractivity contribution in [2.45, 2.75) is 25.1 Å². The fraction of sp³-hybridized carbons (Fsp3) is 0.500. The Labute approximate surface area is 105 Å². The van der Waals surface area contributed by atoms with E-state index in [9.17, 15) is 0 Å². The Kier molecular flexibility index (Phi) is 4.71. The summed E-state index contributed by atoms with van der Waals surface area (Å²) >= 11 is 13.5. The minimum absolute atomic E-state index is 0.171. The molecule has 1 rings (SSSR count). The highest BCUT2D eigenvalue weighted by Gasteiger charge is 2.11. The number of hydrogen-bond donors (Lipinski definition) is 1. The van der Waals surface area contributed by atoms with Gasteiger partial charge in [0.15, 0.2) is 0 Å². The zero-order valence-corrected chi connectivity index (χ0v) is 11.1. The van der Waals surface area contributed by atoms with E-state index in [4.69, 9.17) is 28.9 Å². The summed E-state index contributed by atoms with van der Waals surface area (Å²) in [6.07, 6.45) is 0. The maximum Gasteiger partial charge on any atom is 0.129 e. The third-order valence-electron chi connectivity index (χ3n) is 1.60. The molecule has 5 heteroatoms. The van der Waals surface area contributed by atoms with E-state index in [2.05, 4.69) is 4.98 Å². The minimum atomic E-state index is -0.171. The van der Waals surface area contributed by atoms with Gasteiger partial charge in [-0.15, -0.1) is 0 Å². The zero-order chi connectivity index (χ0) is 11.5. The molecule has 0 radical (unpaired) electrons. The van der Waals surface area contributed by atoms with Gasteiger partial charge in [-0.1, -0.05) is 23.2 Å². The number of rotatable bonds is 4. The molecule has 0 fully saturated rings. The summed E-state index contributed by atoms with van der Waals surface area (Å²) in [7, 11) is 0.